The maximum Gasteiger partial charge on any atom is 0.496 e. The first kappa shape index (κ1) is 53.9. The molecule has 4 bridgehead atoms. The zero-order valence-corrected chi connectivity index (χ0v) is 39.3. The molecular weight excluding hydrogens is 774 g/mol. The standard InChI is InChI=1S/C52H90B2O8/c55-53(56)51-47-39-37-41-49(51)61-45-35-31-27-23-19-15-11-7-3-4-8-12-16-20-24-28-32-36-46-62-50-42-38-40-48(52(50)54(57)58)60-44-34-30-26-22-18-14-10-6-2-1-5-9-13-17-21-25-29-33-43-59-47/h37-42,55-58H,1-36,43-46H2. The van der Waals surface area contributed by atoms with E-state index in [-0.39, 0.29) is 0 Å². The summed E-state index contributed by atoms with van der Waals surface area (Å²) in [5.41, 5.74) is 0.693. The van der Waals surface area contributed by atoms with Crippen molar-refractivity contribution in [2.24, 2.45) is 0 Å². The molecule has 1 aliphatic heterocycles. The molecule has 352 valence electrons. The number of ether oxygens (including phenoxy) is 4. The summed E-state index contributed by atoms with van der Waals surface area (Å²) in [7, 11) is -3.24. The van der Waals surface area contributed by atoms with Crippen LogP contribution in [0.15, 0.2) is 36.4 Å². The molecule has 0 saturated carbocycles. The molecular formula is C52H90B2O8. The first-order valence-electron chi connectivity index (χ1n) is 26.1. The van der Waals surface area contributed by atoms with Crippen molar-refractivity contribution < 1.29 is 39.0 Å². The predicted molar refractivity (Wildman–Crippen MR) is 261 cm³/mol. The van der Waals surface area contributed by atoms with E-state index in [0.717, 1.165) is 51.4 Å². The van der Waals surface area contributed by atoms with Crippen molar-refractivity contribution in [3.63, 3.8) is 0 Å². The fourth-order valence-corrected chi connectivity index (χ4v) is 8.85. The second-order valence-corrected chi connectivity index (χ2v) is 18.2. The van der Waals surface area contributed by atoms with Crippen LogP contribution in [0.5, 0.6) is 23.0 Å². The van der Waals surface area contributed by atoms with Crippen LogP contribution >= 0.6 is 0 Å². The first-order valence-corrected chi connectivity index (χ1v) is 26.1. The van der Waals surface area contributed by atoms with E-state index >= 15 is 0 Å². The van der Waals surface area contributed by atoms with Crippen LogP contribution in [0.25, 0.3) is 0 Å². The lowest BCUT2D eigenvalue weighted by Crippen LogP contribution is -2.33. The van der Waals surface area contributed by atoms with Crippen LogP contribution in [-0.4, -0.2) is 60.8 Å². The molecule has 0 saturated heterocycles. The van der Waals surface area contributed by atoms with Gasteiger partial charge in [0.05, 0.1) is 37.4 Å². The predicted octanol–water partition coefficient (Wildman–Crippen LogP) is 12.3. The Morgan fingerprint density at radius 2 is 0.387 bits per heavy atom. The lowest BCUT2D eigenvalue weighted by atomic mass is 9.78. The number of rotatable bonds is 2. The van der Waals surface area contributed by atoms with Crippen molar-refractivity contribution in [1.82, 2.24) is 0 Å². The second kappa shape index (κ2) is 37.9. The monoisotopic (exact) mass is 865 g/mol. The van der Waals surface area contributed by atoms with Crippen LogP contribution < -0.4 is 29.9 Å². The van der Waals surface area contributed by atoms with Crippen LogP contribution in [0.4, 0.5) is 0 Å². The molecule has 1 aliphatic rings. The van der Waals surface area contributed by atoms with Gasteiger partial charge in [-0.2, -0.15) is 0 Å². The topological polar surface area (TPSA) is 118 Å². The fourth-order valence-electron chi connectivity index (χ4n) is 8.85. The van der Waals surface area contributed by atoms with Crippen LogP contribution in [0.1, 0.15) is 231 Å². The lowest BCUT2D eigenvalue weighted by molar-refractivity contribution is 0.290. The largest absolute Gasteiger partial charge is 0.496 e. The highest BCUT2D eigenvalue weighted by Crippen LogP contribution is 2.22. The van der Waals surface area contributed by atoms with E-state index in [2.05, 4.69) is 0 Å². The molecule has 0 atom stereocenters. The van der Waals surface area contributed by atoms with Crippen LogP contribution in [0.3, 0.4) is 0 Å². The molecule has 8 nitrogen and oxygen atoms in total. The summed E-state index contributed by atoms with van der Waals surface area (Å²) in [4.78, 5) is 0. The minimum Gasteiger partial charge on any atom is -0.494 e. The van der Waals surface area contributed by atoms with Crippen molar-refractivity contribution in [3.8, 4) is 23.0 Å². The molecule has 0 unspecified atom stereocenters. The van der Waals surface area contributed by atoms with Crippen LogP contribution in [-0.2, 0) is 0 Å². The zero-order valence-electron chi connectivity index (χ0n) is 39.3. The van der Waals surface area contributed by atoms with Crippen molar-refractivity contribution in [3.05, 3.63) is 36.4 Å². The Bertz CT molecular complexity index is 1140. The average molecular weight is 865 g/mol. The molecule has 0 aromatic heterocycles. The third-order valence-corrected chi connectivity index (χ3v) is 12.7. The van der Waals surface area contributed by atoms with Gasteiger partial charge in [0.1, 0.15) is 23.0 Å². The van der Waals surface area contributed by atoms with Crippen LogP contribution in [0.2, 0.25) is 0 Å². The van der Waals surface area contributed by atoms with Crippen molar-refractivity contribution in [2.75, 3.05) is 26.4 Å². The van der Waals surface area contributed by atoms with E-state index in [4.69, 9.17) is 18.9 Å². The Morgan fingerprint density at radius 1 is 0.242 bits per heavy atom. The van der Waals surface area contributed by atoms with Gasteiger partial charge in [-0.25, -0.2) is 0 Å². The van der Waals surface area contributed by atoms with E-state index in [9.17, 15) is 20.1 Å². The molecule has 1 heterocycles. The molecule has 0 amide bonds. The van der Waals surface area contributed by atoms with Gasteiger partial charge in [0.25, 0.3) is 0 Å². The smallest absolute Gasteiger partial charge is 0.494 e. The molecule has 0 fully saturated rings. The van der Waals surface area contributed by atoms with Crippen molar-refractivity contribution >= 4 is 25.2 Å². The highest BCUT2D eigenvalue weighted by Gasteiger charge is 2.24. The summed E-state index contributed by atoms with van der Waals surface area (Å²) in [6.45, 7) is 2.30. The number of hydrogen-bond donors (Lipinski definition) is 4. The molecule has 0 aliphatic carbocycles. The highest BCUT2D eigenvalue weighted by molar-refractivity contribution is 6.61. The van der Waals surface area contributed by atoms with E-state index in [1.165, 1.54) is 180 Å². The normalized spacial score (nSPS) is 19.8. The molecule has 0 radical (unpaired) electrons. The third-order valence-electron chi connectivity index (χ3n) is 12.7. The van der Waals surface area contributed by atoms with Crippen molar-refractivity contribution in [2.45, 2.75) is 231 Å². The summed E-state index contributed by atoms with van der Waals surface area (Å²) in [5, 5.41) is 40.6. The van der Waals surface area contributed by atoms with Gasteiger partial charge in [0.15, 0.2) is 0 Å². The summed E-state index contributed by atoms with van der Waals surface area (Å²) in [6, 6.07) is 11.0. The summed E-state index contributed by atoms with van der Waals surface area (Å²) >= 11 is 0. The van der Waals surface area contributed by atoms with Gasteiger partial charge in [0, 0.05) is 0 Å². The zero-order chi connectivity index (χ0) is 44.0. The van der Waals surface area contributed by atoms with Crippen LogP contribution in [0, 0.1) is 0 Å². The maximum absolute atomic E-state index is 10.1. The quantitative estimate of drug-likeness (QED) is 0.221. The molecule has 62 heavy (non-hydrogen) atoms. The van der Waals surface area contributed by atoms with Gasteiger partial charge in [-0.3, -0.25) is 0 Å². The second-order valence-electron chi connectivity index (χ2n) is 18.2. The Kier molecular flexibility index (Phi) is 33.0. The number of benzene rings is 2. The Hall–Kier alpha value is -2.39. The van der Waals surface area contributed by atoms with Gasteiger partial charge < -0.3 is 39.0 Å². The first-order chi connectivity index (χ1) is 30.6. The molecule has 3 rings (SSSR count). The number of hydrogen-bond acceptors (Lipinski definition) is 8. The Balaban J connectivity index is 1.32. The fraction of sp³-hybridized carbons (Fsp3) is 0.769. The molecule has 10 heteroatoms. The molecule has 2 aromatic carbocycles. The molecule has 4 N–H and O–H groups in total. The molecule has 0 spiro atoms. The van der Waals surface area contributed by atoms with E-state index in [0.29, 0.717) is 60.4 Å². The van der Waals surface area contributed by atoms with Gasteiger partial charge in [0.2, 0.25) is 0 Å². The SMILES string of the molecule is OB(O)c1c2cccc1OCCCCCCCCCCCCCCCCCCCCOc1cccc(c1B(O)O)OCCCCCCCCCCCCCCCCCCCCO2. The summed E-state index contributed by atoms with van der Waals surface area (Å²) < 4.78 is 24.1. The highest BCUT2D eigenvalue weighted by atomic mass is 16.5. The van der Waals surface area contributed by atoms with Gasteiger partial charge in [-0.05, 0) is 49.9 Å². The Labute approximate surface area is 379 Å². The summed E-state index contributed by atoms with van der Waals surface area (Å²) in [6.07, 6.45) is 45.1. The van der Waals surface area contributed by atoms with Gasteiger partial charge in [-0.1, -0.05) is 218 Å². The Morgan fingerprint density at radius 3 is 0.532 bits per heavy atom. The van der Waals surface area contributed by atoms with Gasteiger partial charge >= 0.3 is 14.2 Å². The summed E-state index contributed by atoms with van der Waals surface area (Å²) in [5.74, 6) is 2.07. The van der Waals surface area contributed by atoms with E-state index < -0.39 is 14.2 Å². The lowest BCUT2D eigenvalue weighted by Gasteiger charge is -2.16. The minimum absolute atomic E-state index is 0.347. The number of fused-ring (bicyclic) bond motifs is 4. The van der Waals surface area contributed by atoms with E-state index in [1.807, 2.05) is 36.4 Å². The van der Waals surface area contributed by atoms with E-state index in [1.54, 1.807) is 0 Å². The third kappa shape index (κ3) is 26.4. The molecule has 2 aromatic rings. The van der Waals surface area contributed by atoms with Crippen molar-refractivity contribution in [1.29, 1.82) is 0 Å². The minimum atomic E-state index is -1.62. The average Bonchev–Trinajstić information content (AvgIpc) is 3.26. The maximum atomic E-state index is 10.1. The van der Waals surface area contributed by atoms with Gasteiger partial charge in [-0.15, -0.1) is 0 Å².